The summed E-state index contributed by atoms with van der Waals surface area (Å²) < 4.78 is 26.0. The molecule has 5 nitrogen and oxygen atoms in total. The first kappa shape index (κ1) is 15.0. The van der Waals surface area contributed by atoms with Crippen molar-refractivity contribution in [2.24, 2.45) is 0 Å². The topological polar surface area (TPSA) is 86.3 Å². The smallest absolute Gasteiger partial charge is 0.241 e. The molecule has 0 heterocycles. The molecule has 0 bridgehead atoms. The number of aryl methyl sites for hydroxylation is 1. The Labute approximate surface area is 111 Å². The predicted octanol–water partition coefficient (Wildman–Crippen LogP) is -0.245. The molecule has 0 spiro atoms. The first-order valence-corrected chi connectivity index (χ1v) is 8.03. The number of carbonyl (C=O) groups excluding carboxylic acids is 1. The maximum atomic E-state index is 11.9. The number of aliphatic carboxylic acids is 1. The molecule has 18 heavy (non-hydrogen) atoms. The van der Waals surface area contributed by atoms with Crippen molar-refractivity contribution >= 4 is 27.8 Å². The fourth-order valence-electron chi connectivity index (χ4n) is 1.29. The Morgan fingerprint density at radius 2 is 1.94 bits per heavy atom. The summed E-state index contributed by atoms with van der Waals surface area (Å²) in [7, 11) is -3.83. The minimum Gasteiger partial charge on any atom is -0.548 e. The number of nitrogens with one attached hydrogen (secondary N) is 1. The minimum absolute atomic E-state index is 0.0421. The Morgan fingerprint density at radius 3 is 2.39 bits per heavy atom. The van der Waals surface area contributed by atoms with E-state index >= 15 is 0 Å². The second kappa shape index (κ2) is 6.21. The van der Waals surface area contributed by atoms with Crippen molar-refractivity contribution in [1.82, 2.24) is 4.72 Å². The summed E-state index contributed by atoms with van der Waals surface area (Å²) in [6.07, 6.45) is 1.69. The average molecular weight is 288 g/mol. The third-order valence-electron chi connectivity index (χ3n) is 2.25. The Bertz CT molecular complexity index is 510. The van der Waals surface area contributed by atoms with Crippen LogP contribution in [-0.4, -0.2) is 32.4 Å². The summed E-state index contributed by atoms with van der Waals surface area (Å²) >= 11 is 1.23. The van der Waals surface area contributed by atoms with E-state index in [4.69, 9.17) is 0 Å². The van der Waals surface area contributed by atoms with Crippen molar-refractivity contribution in [1.29, 1.82) is 0 Å². The molecule has 7 heteroatoms. The lowest BCUT2D eigenvalue weighted by atomic mass is 10.2. The average Bonchev–Trinajstić information content (AvgIpc) is 2.28. The summed E-state index contributed by atoms with van der Waals surface area (Å²) in [5.74, 6) is -1.31. The molecule has 0 aliphatic rings. The maximum absolute atomic E-state index is 11.9. The third kappa shape index (κ3) is 4.01. The van der Waals surface area contributed by atoms with E-state index in [9.17, 15) is 18.3 Å². The number of carboxylic acids is 1. The largest absolute Gasteiger partial charge is 0.548 e. The Hall–Kier alpha value is -1.05. The second-order valence-electron chi connectivity index (χ2n) is 3.76. The highest BCUT2D eigenvalue weighted by Gasteiger charge is 2.20. The molecule has 100 valence electrons. The van der Waals surface area contributed by atoms with Crippen LogP contribution in [0.4, 0.5) is 0 Å². The first-order valence-electron chi connectivity index (χ1n) is 5.15. The molecule has 0 saturated heterocycles. The number of carboxylic acid groups (broad SMARTS) is 1. The Balaban J connectivity index is 2.93. The number of hydrogen-bond donors (Lipinski definition) is 1. The molecule has 0 aromatic heterocycles. The van der Waals surface area contributed by atoms with E-state index in [-0.39, 0.29) is 10.6 Å². The SMILES string of the molecule is CSC[C@H](NS(=O)(=O)c1ccc(C)cc1)C(=O)[O-]. The van der Waals surface area contributed by atoms with Crippen LogP contribution in [0.25, 0.3) is 0 Å². The van der Waals surface area contributed by atoms with Gasteiger partial charge in [0.25, 0.3) is 0 Å². The van der Waals surface area contributed by atoms with Crippen molar-refractivity contribution in [2.45, 2.75) is 17.9 Å². The quantitative estimate of drug-likeness (QED) is 0.780. The molecule has 1 rings (SSSR count). The number of rotatable bonds is 6. The highest BCUT2D eigenvalue weighted by molar-refractivity contribution is 7.98. The van der Waals surface area contributed by atoms with E-state index in [1.807, 2.05) is 6.92 Å². The second-order valence-corrected chi connectivity index (χ2v) is 6.39. The van der Waals surface area contributed by atoms with Gasteiger partial charge in [0.2, 0.25) is 10.0 Å². The molecule has 1 N–H and O–H groups in total. The van der Waals surface area contributed by atoms with Gasteiger partial charge >= 0.3 is 0 Å². The molecule has 0 aliphatic carbocycles. The van der Waals surface area contributed by atoms with Gasteiger partial charge in [0.1, 0.15) is 0 Å². The fourth-order valence-corrected chi connectivity index (χ4v) is 3.13. The fraction of sp³-hybridized carbons (Fsp3) is 0.364. The maximum Gasteiger partial charge on any atom is 0.241 e. The molecule has 0 fully saturated rings. The van der Waals surface area contributed by atoms with E-state index in [0.717, 1.165) is 5.56 Å². The number of thioether (sulfide) groups is 1. The molecular weight excluding hydrogens is 274 g/mol. The third-order valence-corrected chi connectivity index (χ3v) is 4.40. The normalized spacial score (nSPS) is 13.2. The molecule has 0 saturated carbocycles. The Morgan fingerprint density at radius 1 is 1.39 bits per heavy atom. The molecule has 1 atom stereocenters. The summed E-state index contributed by atoms with van der Waals surface area (Å²) in [6, 6.07) is 4.94. The van der Waals surface area contributed by atoms with Crippen molar-refractivity contribution in [3.63, 3.8) is 0 Å². The van der Waals surface area contributed by atoms with Crippen molar-refractivity contribution < 1.29 is 18.3 Å². The number of sulfonamides is 1. The Kier molecular flexibility index (Phi) is 5.18. The number of benzene rings is 1. The van der Waals surface area contributed by atoms with Gasteiger partial charge in [-0.3, -0.25) is 0 Å². The predicted molar refractivity (Wildman–Crippen MR) is 68.7 cm³/mol. The zero-order chi connectivity index (χ0) is 13.8. The van der Waals surface area contributed by atoms with Gasteiger partial charge in [-0.25, -0.2) is 13.1 Å². The van der Waals surface area contributed by atoms with E-state index < -0.39 is 22.0 Å². The van der Waals surface area contributed by atoms with E-state index in [0.29, 0.717) is 0 Å². The molecule has 0 aliphatic heterocycles. The van der Waals surface area contributed by atoms with Crippen LogP contribution < -0.4 is 9.83 Å². The first-order chi connectivity index (χ1) is 8.36. The molecule has 1 aromatic carbocycles. The lowest BCUT2D eigenvalue weighted by molar-refractivity contribution is -0.307. The van der Waals surface area contributed by atoms with Crippen molar-refractivity contribution in [3.05, 3.63) is 29.8 Å². The summed E-state index contributed by atoms with van der Waals surface area (Å²) in [6.45, 7) is 1.83. The van der Waals surface area contributed by atoms with Crippen LogP contribution in [-0.2, 0) is 14.8 Å². The van der Waals surface area contributed by atoms with Gasteiger partial charge in [0.05, 0.1) is 16.9 Å². The van der Waals surface area contributed by atoms with Gasteiger partial charge in [-0.2, -0.15) is 11.8 Å². The van der Waals surface area contributed by atoms with E-state index in [1.165, 1.54) is 23.9 Å². The van der Waals surface area contributed by atoms with Crippen molar-refractivity contribution in [3.8, 4) is 0 Å². The molecule has 1 aromatic rings. The van der Waals surface area contributed by atoms with Gasteiger partial charge in [0, 0.05) is 5.75 Å². The monoisotopic (exact) mass is 288 g/mol. The van der Waals surface area contributed by atoms with Crippen LogP contribution in [0, 0.1) is 6.92 Å². The molecule has 0 unspecified atom stereocenters. The molecular formula is C11H14NO4S2-. The number of hydrogen-bond acceptors (Lipinski definition) is 5. The van der Waals surface area contributed by atoms with Gasteiger partial charge in [-0.05, 0) is 25.3 Å². The van der Waals surface area contributed by atoms with E-state index in [2.05, 4.69) is 4.72 Å². The van der Waals surface area contributed by atoms with Crippen LogP contribution in [0.1, 0.15) is 5.56 Å². The summed E-state index contributed by atoms with van der Waals surface area (Å²) in [5, 5.41) is 10.8. The van der Waals surface area contributed by atoms with Crippen LogP contribution in [0.3, 0.4) is 0 Å². The van der Waals surface area contributed by atoms with Crippen molar-refractivity contribution in [2.75, 3.05) is 12.0 Å². The van der Waals surface area contributed by atoms with Crippen LogP contribution in [0.15, 0.2) is 29.2 Å². The van der Waals surface area contributed by atoms with Crippen LogP contribution >= 0.6 is 11.8 Å². The zero-order valence-corrected chi connectivity index (χ0v) is 11.7. The highest BCUT2D eigenvalue weighted by Crippen LogP contribution is 2.11. The highest BCUT2D eigenvalue weighted by atomic mass is 32.2. The minimum atomic E-state index is -3.83. The van der Waals surface area contributed by atoms with Crippen LogP contribution in [0.2, 0.25) is 0 Å². The zero-order valence-electron chi connectivity index (χ0n) is 10.0. The van der Waals surface area contributed by atoms with E-state index in [1.54, 1.807) is 18.4 Å². The standard InChI is InChI=1S/C11H15NO4S2/c1-8-3-5-9(6-4-8)18(15,16)12-10(7-17-2)11(13)14/h3-6,10,12H,7H2,1-2H3,(H,13,14)/p-1/t10-/m0/s1. The molecule has 0 amide bonds. The molecule has 0 radical (unpaired) electrons. The van der Waals surface area contributed by atoms with Gasteiger partial charge < -0.3 is 9.90 Å². The number of carbonyl (C=O) groups is 1. The van der Waals surface area contributed by atoms with Crippen LogP contribution in [0.5, 0.6) is 0 Å². The summed E-state index contributed by atoms with van der Waals surface area (Å²) in [4.78, 5) is 10.8. The summed E-state index contributed by atoms with van der Waals surface area (Å²) in [5.41, 5.74) is 0.925. The lowest BCUT2D eigenvalue weighted by Crippen LogP contribution is -2.49. The van der Waals surface area contributed by atoms with Gasteiger partial charge in [-0.15, -0.1) is 0 Å². The van der Waals surface area contributed by atoms with Gasteiger partial charge in [0.15, 0.2) is 0 Å². The van der Waals surface area contributed by atoms with Gasteiger partial charge in [-0.1, -0.05) is 17.7 Å². The lowest BCUT2D eigenvalue weighted by Gasteiger charge is -2.18.